The summed E-state index contributed by atoms with van der Waals surface area (Å²) in [6.07, 6.45) is 6.12. The Morgan fingerprint density at radius 1 is 1.24 bits per heavy atom. The molecule has 150 valence electrons. The topological polar surface area (TPSA) is 80.4 Å². The van der Waals surface area contributed by atoms with E-state index in [1.165, 1.54) is 15.5 Å². The van der Waals surface area contributed by atoms with E-state index in [0.29, 0.717) is 18.1 Å². The number of anilines is 1. The fourth-order valence-electron chi connectivity index (χ4n) is 4.94. The van der Waals surface area contributed by atoms with Gasteiger partial charge in [-0.1, -0.05) is 31.0 Å². The van der Waals surface area contributed by atoms with Crippen molar-refractivity contribution < 1.29 is 4.79 Å². The second-order valence-corrected chi connectivity index (χ2v) is 8.25. The fraction of sp³-hybridized carbons (Fsp3) is 0.409. The molecule has 1 aliphatic heterocycles. The van der Waals surface area contributed by atoms with E-state index in [0.717, 1.165) is 43.6 Å². The molecule has 3 aromatic rings. The van der Waals surface area contributed by atoms with Crippen molar-refractivity contribution in [3.8, 4) is 0 Å². The second-order valence-electron chi connectivity index (χ2n) is 8.25. The van der Waals surface area contributed by atoms with Crippen LogP contribution >= 0.6 is 0 Å². The predicted molar refractivity (Wildman–Crippen MR) is 111 cm³/mol. The summed E-state index contributed by atoms with van der Waals surface area (Å²) in [7, 11) is 0. The minimum Gasteiger partial charge on any atom is -0.326 e. The molecule has 2 aromatic heterocycles. The number of amides is 1. The number of nitrogens with zero attached hydrogens (tertiary/aromatic N) is 3. The number of carbonyl (C=O) groups is 1. The highest BCUT2D eigenvalue weighted by Gasteiger charge is 2.49. The maximum atomic E-state index is 13.2. The van der Waals surface area contributed by atoms with Crippen molar-refractivity contribution in [2.45, 2.75) is 32.2 Å². The lowest BCUT2D eigenvalue weighted by molar-refractivity contribution is -0.128. The van der Waals surface area contributed by atoms with Crippen LogP contribution < -0.4 is 16.3 Å². The van der Waals surface area contributed by atoms with Gasteiger partial charge in [0.15, 0.2) is 5.65 Å². The smallest absolute Gasteiger partial charge is 0.326 e. The van der Waals surface area contributed by atoms with Gasteiger partial charge < -0.3 is 10.6 Å². The molecule has 0 spiro atoms. The molecule has 7 heteroatoms. The van der Waals surface area contributed by atoms with E-state index in [1.807, 2.05) is 42.5 Å². The maximum Gasteiger partial charge on any atom is 0.350 e. The summed E-state index contributed by atoms with van der Waals surface area (Å²) < 4.78 is 2.98. The van der Waals surface area contributed by atoms with Crippen LogP contribution in [0.1, 0.15) is 31.2 Å². The Labute approximate surface area is 168 Å². The molecule has 5 rings (SSSR count). The van der Waals surface area contributed by atoms with Gasteiger partial charge in [0, 0.05) is 18.4 Å². The number of rotatable bonds is 4. The molecule has 2 fully saturated rings. The molecular formula is C22H25N5O2. The van der Waals surface area contributed by atoms with Crippen molar-refractivity contribution in [2.75, 3.05) is 18.4 Å². The lowest BCUT2D eigenvalue weighted by Crippen LogP contribution is -2.44. The van der Waals surface area contributed by atoms with E-state index < -0.39 is 0 Å². The summed E-state index contributed by atoms with van der Waals surface area (Å²) in [6, 6.07) is 13.2. The summed E-state index contributed by atoms with van der Waals surface area (Å²) in [6.45, 7) is 2.06. The van der Waals surface area contributed by atoms with Gasteiger partial charge in [0.2, 0.25) is 5.91 Å². The maximum absolute atomic E-state index is 13.2. The van der Waals surface area contributed by atoms with Crippen LogP contribution in [-0.2, 0) is 11.3 Å². The highest BCUT2D eigenvalue weighted by atomic mass is 16.2. The van der Waals surface area contributed by atoms with Gasteiger partial charge in [-0.15, -0.1) is 5.10 Å². The van der Waals surface area contributed by atoms with Crippen LogP contribution in [0.4, 0.5) is 5.69 Å². The molecule has 1 saturated heterocycles. The molecule has 2 N–H and O–H groups in total. The van der Waals surface area contributed by atoms with E-state index in [9.17, 15) is 9.59 Å². The van der Waals surface area contributed by atoms with E-state index in [-0.39, 0.29) is 17.0 Å². The molecular weight excluding hydrogens is 366 g/mol. The average molecular weight is 391 g/mol. The summed E-state index contributed by atoms with van der Waals surface area (Å²) in [4.78, 5) is 25.7. The number of hydrogen-bond donors (Lipinski definition) is 2. The first-order chi connectivity index (χ1) is 14.2. The summed E-state index contributed by atoms with van der Waals surface area (Å²) in [5, 5.41) is 11.0. The zero-order valence-corrected chi connectivity index (χ0v) is 16.3. The molecule has 1 aliphatic carbocycles. The van der Waals surface area contributed by atoms with Crippen LogP contribution in [-0.4, -0.2) is 33.2 Å². The second kappa shape index (κ2) is 7.15. The van der Waals surface area contributed by atoms with Crippen LogP contribution in [0, 0.1) is 11.3 Å². The van der Waals surface area contributed by atoms with E-state index in [2.05, 4.69) is 15.7 Å². The van der Waals surface area contributed by atoms with Crippen LogP contribution in [0.5, 0.6) is 0 Å². The number of hydrogen-bond acceptors (Lipinski definition) is 4. The zero-order chi connectivity index (χ0) is 19.8. The molecule has 1 aromatic carbocycles. The third-order valence-corrected chi connectivity index (χ3v) is 6.50. The van der Waals surface area contributed by atoms with E-state index in [4.69, 9.17) is 0 Å². The van der Waals surface area contributed by atoms with Crippen LogP contribution in [0.15, 0.2) is 53.5 Å². The fourth-order valence-corrected chi connectivity index (χ4v) is 4.94. The molecule has 0 radical (unpaired) electrons. The van der Waals surface area contributed by atoms with Crippen molar-refractivity contribution in [3.63, 3.8) is 0 Å². The molecule has 3 heterocycles. The number of aromatic nitrogens is 3. The number of carbonyl (C=O) groups excluding carboxylic acids is 1. The molecule has 7 nitrogen and oxygen atoms in total. The summed E-state index contributed by atoms with van der Waals surface area (Å²) >= 11 is 0. The molecule has 0 unspecified atom stereocenters. The number of benzene rings is 1. The van der Waals surface area contributed by atoms with Gasteiger partial charge in [0.25, 0.3) is 0 Å². The van der Waals surface area contributed by atoms with E-state index >= 15 is 0 Å². The predicted octanol–water partition coefficient (Wildman–Crippen LogP) is 2.26. The molecule has 2 atom stereocenters. The summed E-state index contributed by atoms with van der Waals surface area (Å²) in [5.41, 5.74) is 1.87. The van der Waals surface area contributed by atoms with Gasteiger partial charge in [-0.2, -0.15) is 0 Å². The Balaban J connectivity index is 1.36. The van der Waals surface area contributed by atoms with Crippen molar-refractivity contribution in [1.29, 1.82) is 0 Å². The van der Waals surface area contributed by atoms with Crippen LogP contribution in [0.2, 0.25) is 0 Å². The van der Waals surface area contributed by atoms with Gasteiger partial charge in [-0.25, -0.2) is 9.48 Å². The van der Waals surface area contributed by atoms with Gasteiger partial charge in [-0.3, -0.25) is 9.20 Å². The van der Waals surface area contributed by atoms with Crippen molar-refractivity contribution in [1.82, 2.24) is 19.5 Å². The van der Waals surface area contributed by atoms with Crippen LogP contribution in [0.3, 0.4) is 0 Å². The minimum atomic E-state index is -0.285. The largest absolute Gasteiger partial charge is 0.350 e. The third kappa shape index (κ3) is 3.15. The van der Waals surface area contributed by atoms with Crippen molar-refractivity contribution in [2.24, 2.45) is 11.3 Å². The summed E-state index contributed by atoms with van der Waals surface area (Å²) in [5.74, 6) is 0.547. The van der Waals surface area contributed by atoms with Gasteiger partial charge >= 0.3 is 5.69 Å². The number of pyridine rings is 1. The molecule has 1 saturated carbocycles. The highest BCUT2D eigenvalue weighted by molar-refractivity contribution is 5.96. The molecule has 29 heavy (non-hydrogen) atoms. The van der Waals surface area contributed by atoms with Gasteiger partial charge in [-0.05, 0) is 55.1 Å². The quantitative estimate of drug-likeness (QED) is 0.715. The van der Waals surface area contributed by atoms with E-state index in [1.54, 1.807) is 6.20 Å². The first-order valence-electron chi connectivity index (χ1n) is 10.3. The molecule has 0 bridgehead atoms. The minimum absolute atomic E-state index is 0.120. The Bertz CT molecular complexity index is 1120. The number of nitrogens with one attached hydrogen (secondary N) is 2. The van der Waals surface area contributed by atoms with Crippen LogP contribution in [0.25, 0.3) is 5.65 Å². The Hall–Kier alpha value is -2.93. The Morgan fingerprint density at radius 2 is 2.17 bits per heavy atom. The third-order valence-electron chi connectivity index (χ3n) is 6.50. The number of fused-ring (bicyclic) bond motifs is 2. The average Bonchev–Trinajstić information content (AvgIpc) is 3.31. The van der Waals surface area contributed by atoms with Gasteiger partial charge in [0.05, 0.1) is 12.0 Å². The monoisotopic (exact) mass is 391 g/mol. The first-order valence-corrected chi connectivity index (χ1v) is 10.3. The lowest BCUT2D eigenvalue weighted by atomic mass is 9.67. The molecule has 2 aliphatic rings. The normalized spacial score (nSPS) is 23.8. The van der Waals surface area contributed by atoms with Crippen molar-refractivity contribution >= 4 is 17.2 Å². The zero-order valence-electron chi connectivity index (χ0n) is 16.3. The SMILES string of the molecule is O=C(Nc1cccc(Cn2nc3ccccn3c2=O)c1)[C@@]12CCCC[C@H]1CNC2. The lowest BCUT2D eigenvalue weighted by Gasteiger charge is -2.37. The molecule has 1 amide bonds. The Morgan fingerprint density at radius 3 is 3.07 bits per heavy atom. The highest BCUT2D eigenvalue weighted by Crippen LogP contribution is 2.44. The first kappa shape index (κ1) is 18.1. The standard InChI is InChI=1S/C22H25N5O2/c28-20(22-10-3-1-7-17(22)13-23-15-22)24-18-8-5-6-16(12-18)14-27-21(29)26-11-4-2-9-19(26)25-27/h2,4-6,8-9,11-12,17,23H,1,3,7,10,13-15H2,(H,24,28)/t17-,22+/m0/s1. The Kier molecular flexibility index (Phi) is 4.47. The van der Waals surface area contributed by atoms with Crippen molar-refractivity contribution in [3.05, 3.63) is 64.7 Å². The van der Waals surface area contributed by atoms with Gasteiger partial charge in [0.1, 0.15) is 0 Å².